The van der Waals surface area contributed by atoms with Gasteiger partial charge in [0.25, 0.3) is 11.8 Å². The number of rotatable bonds is 4. The van der Waals surface area contributed by atoms with E-state index in [0.717, 1.165) is 11.1 Å². The molecule has 1 saturated heterocycles. The molecule has 2 heterocycles. The number of hydrogen-bond acceptors (Lipinski definition) is 4. The zero-order valence-corrected chi connectivity index (χ0v) is 16.5. The second-order valence-electron chi connectivity index (χ2n) is 8.10. The van der Waals surface area contributed by atoms with Crippen LogP contribution in [0, 0.1) is 11.8 Å². The minimum absolute atomic E-state index is 0.0314. The Hall–Kier alpha value is -2.86. The molecule has 2 fully saturated rings. The molecule has 1 aliphatic carbocycles. The first-order valence-corrected chi connectivity index (χ1v) is 10.1. The van der Waals surface area contributed by atoms with Gasteiger partial charge >= 0.3 is 0 Å². The minimum Gasteiger partial charge on any atom is -0.489 e. The van der Waals surface area contributed by atoms with Crippen LogP contribution in [0.15, 0.2) is 42.5 Å². The number of fused-ring (bicyclic) bond motifs is 2. The molecule has 6 nitrogen and oxygen atoms in total. The number of carbonyl (C=O) groups is 2. The smallest absolute Gasteiger partial charge is 0.254 e. The van der Waals surface area contributed by atoms with Gasteiger partial charge < -0.3 is 20.1 Å². The maximum absolute atomic E-state index is 13.0. The molecule has 2 amide bonds. The molecule has 0 aromatic heterocycles. The van der Waals surface area contributed by atoms with Gasteiger partial charge in [0.15, 0.2) is 0 Å². The van der Waals surface area contributed by atoms with Gasteiger partial charge in [-0.1, -0.05) is 30.3 Å². The lowest BCUT2D eigenvalue weighted by molar-refractivity contribution is 0.0929. The van der Waals surface area contributed by atoms with Crippen molar-refractivity contribution in [1.82, 2.24) is 10.6 Å². The van der Waals surface area contributed by atoms with Crippen LogP contribution in [0.2, 0.25) is 0 Å². The van der Waals surface area contributed by atoms with Crippen molar-refractivity contribution in [3.8, 4) is 5.75 Å². The van der Waals surface area contributed by atoms with Crippen molar-refractivity contribution in [3.05, 3.63) is 64.7 Å². The SMILES string of the molecule is CNC(=O)c1cc(C(=O)NC2[C@H]3COC[C@@H]23)cc2c1O[C@@H](C)[C@@H]2c1ccccc1. The van der Waals surface area contributed by atoms with Gasteiger partial charge in [0.1, 0.15) is 11.9 Å². The highest BCUT2D eigenvalue weighted by Gasteiger charge is 2.54. The van der Waals surface area contributed by atoms with Gasteiger partial charge in [-0.15, -0.1) is 0 Å². The average molecular weight is 392 g/mol. The lowest BCUT2D eigenvalue weighted by atomic mass is 9.87. The molecule has 2 aromatic rings. The van der Waals surface area contributed by atoms with Crippen LogP contribution >= 0.6 is 0 Å². The van der Waals surface area contributed by atoms with Gasteiger partial charge in [-0.25, -0.2) is 0 Å². The number of hydrogen-bond donors (Lipinski definition) is 2. The van der Waals surface area contributed by atoms with Crippen molar-refractivity contribution in [1.29, 1.82) is 0 Å². The average Bonchev–Trinajstić information content (AvgIpc) is 3.08. The quantitative estimate of drug-likeness (QED) is 0.837. The normalized spacial score (nSPS) is 28.8. The standard InChI is InChI=1S/C23H24N2O4/c1-12-19(13-6-4-3-5-7-13)15-8-14(9-16(21(15)29-12)23(27)24-2)22(26)25-20-17-10-28-11-18(17)20/h3-9,12,17-20H,10-11H2,1-2H3,(H,24,27)(H,25,26)/t12-,17-,18+,19+,20?/m0/s1. The van der Waals surface area contributed by atoms with Crippen molar-refractivity contribution >= 4 is 11.8 Å². The predicted octanol–water partition coefficient (Wildman–Crippen LogP) is 2.33. The highest BCUT2D eigenvalue weighted by molar-refractivity contribution is 6.02. The van der Waals surface area contributed by atoms with E-state index in [0.29, 0.717) is 41.9 Å². The van der Waals surface area contributed by atoms with E-state index < -0.39 is 0 Å². The van der Waals surface area contributed by atoms with Gasteiger partial charge in [-0.05, 0) is 24.6 Å². The Kier molecular flexibility index (Phi) is 4.32. The number of carbonyl (C=O) groups excluding carboxylic acids is 2. The highest BCUT2D eigenvalue weighted by Crippen LogP contribution is 2.46. The van der Waals surface area contributed by atoms with E-state index in [9.17, 15) is 9.59 Å². The molecule has 1 saturated carbocycles. The summed E-state index contributed by atoms with van der Waals surface area (Å²) in [5, 5.41) is 5.79. The third-order valence-electron chi connectivity index (χ3n) is 6.37. The van der Waals surface area contributed by atoms with Crippen molar-refractivity contribution < 1.29 is 19.1 Å². The number of ether oxygens (including phenoxy) is 2. The van der Waals surface area contributed by atoms with Crippen molar-refractivity contribution in [2.75, 3.05) is 20.3 Å². The summed E-state index contributed by atoms with van der Waals surface area (Å²) in [5.41, 5.74) is 2.88. The summed E-state index contributed by atoms with van der Waals surface area (Å²) >= 11 is 0. The Morgan fingerprint density at radius 3 is 2.45 bits per heavy atom. The van der Waals surface area contributed by atoms with Crippen LogP contribution in [0.3, 0.4) is 0 Å². The maximum Gasteiger partial charge on any atom is 0.254 e. The first-order valence-electron chi connectivity index (χ1n) is 10.1. The molecular weight excluding hydrogens is 368 g/mol. The predicted molar refractivity (Wildman–Crippen MR) is 107 cm³/mol. The van der Waals surface area contributed by atoms with Gasteiger partial charge in [0.05, 0.1) is 18.8 Å². The van der Waals surface area contributed by atoms with Crippen molar-refractivity contribution in [3.63, 3.8) is 0 Å². The molecule has 0 radical (unpaired) electrons. The Morgan fingerprint density at radius 1 is 1.03 bits per heavy atom. The third kappa shape index (κ3) is 2.99. The molecule has 2 N–H and O–H groups in total. The topological polar surface area (TPSA) is 76.7 Å². The largest absolute Gasteiger partial charge is 0.489 e. The van der Waals surface area contributed by atoms with E-state index in [4.69, 9.17) is 9.47 Å². The highest BCUT2D eigenvalue weighted by atomic mass is 16.5. The van der Waals surface area contributed by atoms with E-state index in [1.807, 2.05) is 31.2 Å². The molecule has 1 unspecified atom stereocenters. The van der Waals surface area contributed by atoms with Crippen LogP contribution in [0.5, 0.6) is 5.75 Å². The molecule has 29 heavy (non-hydrogen) atoms. The second kappa shape index (κ2) is 6.88. The lowest BCUT2D eigenvalue weighted by Gasteiger charge is -2.15. The summed E-state index contributed by atoms with van der Waals surface area (Å²) in [6.45, 7) is 3.42. The third-order valence-corrected chi connectivity index (χ3v) is 6.37. The number of nitrogens with one attached hydrogen (secondary N) is 2. The van der Waals surface area contributed by atoms with Crippen LogP contribution in [0.4, 0.5) is 0 Å². The monoisotopic (exact) mass is 392 g/mol. The van der Waals surface area contributed by atoms with Crippen LogP contribution in [-0.2, 0) is 4.74 Å². The molecule has 3 aliphatic rings. The number of amides is 2. The van der Waals surface area contributed by atoms with Crippen molar-refractivity contribution in [2.24, 2.45) is 11.8 Å². The first kappa shape index (κ1) is 18.2. The van der Waals surface area contributed by atoms with E-state index in [-0.39, 0.29) is 29.9 Å². The molecule has 2 aliphatic heterocycles. The molecule has 5 atom stereocenters. The first-order chi connectivity index (χ1) is 14.1. The van der Waals surface area contributed by atoms with Gasteiger partial charge in [0.2, 0.25) is 0 Å². The maximum atomic E-state index is 13.0. The molecule has 2 aromatic carbocycles. The molecule has 150 valence electrons. The van der Waals surface area contributed by atoms with Crippen LogP contribution < -0.4 is 15.4 Å². The Balaban J connectivity index is 1.53. The van der Waals surface area contributed by atoms with E-state index in [2.05, 4.69) is 22.8 Å². The molecule has 5 rings (SSSR count). The lowest BCUT2D eigenvalue weighted by Crippen LogP contribution is -2.30. The van der Waals surface area contributed by atoms with Gasteiger partial charge in [-0.3, -0.25) is 9.59 Å². The summed E-state index contributed by atoms with van der Waals surface area (Å²) in [4.78, 5) is 25.5. The van der Waals surface area contributed by atoms with Gasteiger partial charge in [0, 0.05) is 42.0 Å². The summed E-state index contributed by atoms with van der Waals surface area (Å²) in [7, 11) is 1.58. The molecule has 0 spiro atoms. The second-order valence-corrected chi connectivity index (χ2v) is 8.10. The fourth-order valence-electron chi connectivity index (χ4n) is 4.75. The Morgan fingerprint density at radius 2 is 1.76 bits per heavy atom. The summed E-state index contributed by atoms with van der Waals surface area (Å²) < 4.78 is 11.5. The Bertz CT molecular complexity index is 964. The van der Waals surface area contributed by atoms with Crippen LogP contribution in [-0.4, -0.2) is 44.2 Å². The Labute approximate surface area is 169 Å². The fourth-order valence-corrected chi connectivity index (χ4v) is 4.75. The summed E-state index contributed by atoms with van der Waals surface area (Å²) in [6, 6.07) is 13.8. The molecule has 0 bridgehead atoms. The zero-order valence-electron chi connectivity index (χ0n) is 16.5. The van der Waals surface area contributed by atoms with E-state index in [1.165, 1.54) is 0 Å². The summed E-state index contributed by atoms with van der Waals surface area (Å²) in [5.74, 6) is 0.978. The fraction of sp³-hybridized carbons (Fsp3) is 0.391. The zero-order chi connectivity index (χ0) is 20.1. The van der Waals surface area contributed by atoms with Crippen LogP contribution in [0.25, 0.3) is 0 Å². The summed E-state index contributed by atoms with van der Waals surface area (Å²) in [6.07, 6.45) is -0.131. The minimum atomic E-state index is -0.256. The molecule has 6 heteroatoms. The van der Waals surface area contributed by atoms with Crippen LogP contribution in [0.1, 0.15) is 44.7 Å². The van der Waals surface area contributed by atoms with E-state index >= 15 is 0 Å². The van der Waals surface area contributed by atoms with Crippen molar-refractivity contribution in [2.45, 2.75) is 25.0 Å². The number of benzene rings is 2. The van der Waals surface area contributed by atoms with Gasteiger partial charge in [-0.2, -0.15) is 0 Å². The molecular formula is C23H24N2O4. The van der Waals surface area contributed by atoms with E-state index in [1.54, 1.807) is 13.1 Å².